The standard InChI is InChI=1S/C27H31FN8O/c1-16-9-22(11-23-10-17(2)34-35-23)33-25(31-16)19-7-8-27(4,12-19)26(37)32-18(3)20-5-6-24(29-13-20)36-15-21(28)14-30-36/h5-6,9-10,13-15,18-19H,7-8,11-12H2,1-4H3,(H,32,37)(H,34,35)/t18-,19-,27+/m0/s1. The van der Waals surface area contributed by atoms with Gasteiger partial charge in [-0.05, 0) is 63.8 Å². The van der Waals surface area contributed by atoms with Crippen LogP contribution < -0.4 is 5.32 Å². The minimum Gasteiger partial charge on any atom is -0.349 e. The Bertz CT molecular complexity index is 1410. The Kier molecular flexibility index (Phi) is 6.57. The Morgan fingerprint density at radius 1 is 1.24 bits per heavy atom. The summed E-state index contributed by atoms with van der Waals surface area (Å²) >= 11 is 0. The monoisotopic (exact) mass is 502 g/mol. The average Bonchev–Trinajstić information content (AvgIpc) is 3.59. The fraction of sp³-hybridized carbons (Fsp3) is 0.407. The van der Waals surface area contributed by atoms with Gasteiger partial charge in [0.15, 0.2) is 11.6 Å². The van der Waals surface area contributed by atoms with Crippen LogP contribution in [0.25, 0.3) is 5.82 Å². The van der Waals surface area contributed by atoms with E-state index in [9.17, 15) is 9.18 Å². The molecule has 0 radical (unpaired) electrons. The number of nitrogens with one attached hydrogen (secondary N) is 2. The summed E-state index contributed by atoms with van der Waals surface area (Å²) in [7, 11) is 0. The predicted molar refractivity (Wildman–Crippen MR) is 135 cm³/mol. The molecular weight excluding hydrogens is 471 g/mol. The van der Waals surface area contributed by atoms with E-state index in [0.29, 0.717) is 18.7 Å². The van der Waals surface area contributed by atoms with Gasteiger partial charge in [0, 0.05) is 35.3 Å². The SMILES string of the molecule is Cc1cc(Cc2cc(C)[nH]n2)nc([C@H]2CC[C@@](C)(C(=O)N[C@@H](C)c3ccc(-n4cc(F)cn4)nc3)C2)n1. The zero-order valence-electron chi connectivity index (χ0n) is 21.5. The van der Waals surface area contributed by atoms with Crippen molar-refractivity contribution in [2.24, 2.45) is 5.41 Å². The van der Waals surface area contributed by atoms with Gasteiger partial charge in [-0.3, -0.25) is 9.89 Å². The van der Waals surface area contributed by atoms with Crippen LogP contribution in [0.15, 0.2) is 42.9 Å². The van der Waals surface area contributed by atoms with E-state index in [2.05, 4.69) is 25.6 Å². The second-order valence-corrected chi connectivity index (χ2v) is 10.3. The van der Waals surface area contributed by atoms with Gasteiger partial charge in [0.2, 0.25) is 5.91 Å². The van der Waals surface area contributed by atoms with Gasteiger partial charge < -0.3 is 5.32 Å². The number of hydrogen-bond acceptors (Lipinski definition) is 6. The van der Waals surface area contributed by atoms with E-state index in [1.54, 1.807) is 12.3 Å². The summed E-state index contributed by atoms with van der Waals surface area (Å²) in [6, 6.07) is 7.43. The number of amides is 1. The van der Waals surface area contributed by atoms with Crippen LogP contribution in [0.5, 0.6) is 0 Å². The van der Waals surface area contributed by atoms with Gasteiger partial charge in [0.1, 0.15) is 5.82 Å². The molecule has 10 heteroatoms. The molecule has 1 saturated carbocycles. The molecule has 4 heterocycles. The highest BCUT2D eigenvalue weighted by Crippen LogP contribution is 2.46. The first-order chi connectivity index (χ1) is 17.7. The third kappa shape index (κ3) is 5.42. The molecule has 9 nitrogen and oxygen atoms in total. The number of aromatic amines is 1. The summed E-state index contributed by atoms with van der Waals surface area (Å²) < 4.78 is 14.6. The molecule has 3 atom stereocenters. The topological polar surface area (TPSA) is 114 Å². The number of aromatic nitrogens is 7. The molecule has 37 heavy (non-hydrogen) atoms. The van der Waals surface area contributed by atoms with Crippen LogP contribution in [0.1, 0.15) is 79.2 Å². The number of halogens is 1. The number of pyridine rings is 1. The second kappa shape index (κ2) is 9.84. The summed E-state index contributed by atoms with van der Waals surface area (Å²) in [5.74, 6) is 1.04. The van der Waals surface area contributed by atoms with Gasteiger partial charge in [-0.15, -0.1) is 0 Å². The average molecular weight is 503 g/mol. The van der Waals surface area contributed by atoms with Gasteiger partial charge >= 0.3 is 0 Å². The van der Waals surface area contributed by atoms with E-state index in [4.69, 9.17) is 9.97 Å². The first-order valence-electron chi connectivity index (χ1n) is 12.5. The molecule has 0 saturated heterocycles. The quantitative estimate of drug-likeness (QED) is 0.390. The molecule has 4 aromatic rings. The first kappa shape index (κ1) is 24.7. The Morgan fingerprint density at radius 3 is 2.76 bits per heavy atom. The normalized spacial score (nSPS) is 20.2. The maximum Gasteiger partial charge on any atom is 0.226 e. The molecule has 192 valence electrons. The van der Waals surface area contributed by atoms with Crippen molar-refractivity contribution in [1.82, 2.24) is 40.2 Å². The molecule has 0 aliphatic heterocycles. The molecule has 1 amide bonds. The third-order valence-corrected chi connectivity index (χ3v) is 7.10. The molecule has 0 bridgehead atoms. The van der Waals surface area contributed by atoms with Crippen molar-refractivity contribution >= 4 is 5.91 Å². The maximum absolute atomic E-state index is 13.4. The Balaban J connectivity index is 1.23. The fourth-order valence-corrected chi connectivity index (χ4v) is 5.02. The Labute approximate surface area is 215 Å². The number of carbonyl (C=O) groups excluding carboxylic acids is 1. The number of hydrogen-bond donors (Lipinski definition) is 2. The second-order valence-electron chi connectivity index (χ2n) is 10.3. The van der Waals surface area contributed by atoms with Crippen LogP contribution >= 0.6 is 0 Å². The minimum atomic E-state index is -0.508. The highest BCUT2D eigenvalue weighted by Gasteiger charge is 2.43. The van der Waals surface area contributed by atoms with E-state index in [1.165, 1.54) is 10.9 Å². The van der Waals surface area contributed by atoms with E-state index in [-0.39, 0.29) is 17.9 Å². The number of aryl methyl sites for hydroxylation is 2. The molecule has 4 aromatic heterocycles. The van der Waals surface area contributed by atoms with E-state index in [0.717, 1.165) is 53.2 Å². The van der Waals surface area contributed by atoms with E-state index < -0.39 is 11.2 Å². The third-order valence-electron chi connectivity index (χ3n) is 7.10. The smallest absolute Gasteiger partial charge is 0.226 e. The minimum absolute atomic E-state index is 0.0144. The van der Waals surface area contributed by atoms with Crippen LogP contribution in [0.3, 0.4) is 0 Å². The molecule has 1 fully saturated rings. The van der Waals surface area contributed by atoms with Gasteiger partial charge in [-0.25, -0.2) is 24.0 Å². The zero-order valence-corrected chi connectivity index (χ0v) is 21.5. The summed E-state index contributed by atoms with van der Waals surface area (Å²) in [6.45, 7) is 7.92. The summed E-state index contributed by atoms with van der Waals surface area (Å²) in [6.07, 6.45) is 7.05. The molecule has 1 aliphatic rings. The molecule has 0 aromatic carbocycles. The van der Waals surface area contributed by atoms with Crippen molar-refractivity contribution in [3.05, 3.63) is 82.8 Å². The summed E-state index contributed by atoms with van der Waals surface area (Å²) in [4.78, 5) is 27.3. The van der Waals surface area contributed by atoms with Crippen LogP contribution in [0, 0.1) is 25.1 Å². The summed E-state index contributed by atoms with van der Waals surface area (Å²) in [5, 5.41) is 14.4. The molecule has 0 spiro atoms. The Morgan fingerprint density at radius 2 is 2.08 bits per heavy atom. The largest absolute Gasteiger partial charge is 0.349 e. The van der Waals surface area contributed by atoms with E-state index in [1.807, 2.05) is 45.9 Å². The highest BCUT2D eigenvalue weighted by molar-refractivity contribution is 5.83. The van der Waals surface area contributed by atoms with Crippen LogP contribution in [0.4, 0.5) is 4.39 Å². The van der Waals surface area contributed by atoms with Gasteiger partial charge in [0.25, 0.3) is 0 Å². The van der Waals surface area contributed by atoms with Gasteiger partial charge in [-0.2, -0.15) is 10.2 Å². The highest BCUT2D eigenvalue weighted by atomic mass is 19.1. The molecular formula is C27H31FN8O. The summed E-state index contributed by atoms with van der Waals surface area (Å²) in [5.41, 5.74) is 4.19. The number of carbonyl (C=O) groups is 1. The predicted octanol–water partition coefficient (Wildman–Crippen LogP) is 4.28. The lowest BCUT2D eigenvalue weighted by molar-refractivity contribution is -0.130. The lowest BCUT2D eigenvalue weighted by Crippen LogP contribution is -2.38. The molecule has 1 aliphatic carbocycles. The number of nitrogens with zero attached hydrogens (tertiary/aromatic N) is 6. The Hall–Kier alpha value is -3.95. The van der Waals surface area contributed by atoms with Crippen molar-refractivity contribution < 1.29 is 9.18 Å². The van der Waals surface area contributed by atoms with Crippen molar-refractivity contribution in [1.29, 1.82) is 0 Å². The lowest BCUT2D eigenvalue weighted by atomic mass is 9.86. The van der Waals surface area contributed by atoms with Gasteiger partial charge in [0.05, 0.1) is 29.8 Å². The van der Waals surface area contributed by atoms with Crippen molar-refractivity contribution in [2.75, 3.05) is 0 Å². The fourth-order valence-electron chi connectivity index (χ4n) is 5.02. The van der Waals surface area contributed by atoms with Crippen molar-refractivity contribution in [2.45, 2.75) is 65.3 Å². The zero-order chi connectivity index (χ0) is 26.2. The van der Waals surface area contributed by atoms with Crippen LogP contribution in [-0.2, 0) is 11.2 Å². The van der Waals surface area contributed by atoms with Crippen molar-refractivity contribution in [3.63, 3.8) is 0 Å². The first-order valence-corrected chi connectivity index (χ1v) is 12.5. The van der Waals surface area contributed by atoms with Crippen LogP contribution in [0.2, 0.25) is 0 Å². The molecule has 5 rings (SSSR count). The van der Waals surface area contributed by atoms with E-state index >= 15 is 0 Å². The molecule has 0 unspecified atom stereocenters. The van der Waals surface area contributed by atoms with Crippen molar-refractivity contribution in [3.8, 4) is 5.82 Å². The number of rotatable bonds is 7. The molecule has 2 N–H and O–H groups in total. The lowest BCUT2D eigenvalue weighted by Gasteiger charge is -2.26. The van der Waals surface area contributed by atoms with Gasteiger partial charge in [-0.1, -0.05) is 13.0 Å². The number of H-pyrrole nitrogens is 1. The maximum atomic E-state index is 13.4. The van der Waals surface area contributed by atoms with Crippen LogP contribution in [-0.4, -0.2) is 40.8 Å².